The Labute approximate surface area is 131 Å². The summed E-state index contributed by atoms with van der Waals surface area (Å²) >= 11 is 5.58. The van der Waals surface area contributed by atoms with Crippen molar-refractivity contribution in [1.29, 1.82) is 0 Å². The van der Waals surface area contributed by atoms with Gasteiger partial charge in [-0.3, -0.25) is 0 Å². The van der Waals surface area contributed by atoms with Gasteiger partial charge in [0, 0.05) is 32.1 Å². The monoisotopic (exact) mass is 332 g/mol. The molecule has 0 aliphatic carbocycles. The van der Waals surface area contributed by atoms with E-state index in [2.05, 4.69) is 0 Å². The van der Waals surface area contributed by atoms with Crippen molar-refractivity contribution in [2.75, 3.05) is 42.7 Å². The number of aromatic hydroxyl groups is 1. The number of rotatable bonds is 6. The van der Waals surface area contributed by atoms with Gasteiger partial charge in [0.25, 0.3) is 0 Å². The highest BCUT2D eigenvalue weighted by atomic mass is 35.5. The van der Waals surface area contributed by atoms with Crippen LogP contribution in [0.2, 0.25) is 0 Å². The third-order valence-corrected chi connectivity index (χ3v) is 5.86. The van der Waals surface area contributed by atoms with Crippen LogP contribution in [0.1, 0.15) is 12.8 Å². The molecule has 0 saturated carbocycles. The van der Waals surface area contributed by atoms with Gasteiger partial charge in [-0.15, -0.1) is 11.6 Å². The van der Waals surface area contributed by atoms with Gasteiger partial charge in [0.05, 0.1) is 11.4 Å². The van der Waals surface area contributed by atoms with Gasteiger partial charge in [-0.2, -0.15) is 4.31 Å². The van der Waals surface area contributed by atoms with Crippen molar-refractivity contribution in [3.05, 3.63) is 24.3 Å². The number of unbranched alkanes of at least 4 members (excludes halogenated alkanes) is 1. The SMILES string of the molecule is O=S(=O)(CCCCCl)N1CCN(c2ccccc2O)CC1. The molecule has 0 aromatic heterocycles. The van der Waals surface area contributed by atoms with Gasteiger partial charge in [0.1, 0.15) is 5.75 Å². The normalized spacial score (nSPS) is 17.1. The Hall–Kier alpha value is -0.980. The number of anilines is 1. The third kappa shape index (κ3) is 4.25. The molecule has 1 aliphatic heterocycles. The molecule has 21 heavy (non-hydrogen) atoms. The number of sulfonamides is 1. The number of nitrogens with zero attached hydrogens (tertiary/aromatic N) is 2. The summed E-state index contributed by atoms with van der Waals surface area (Å²) in [6.45, 7) is 2.09. The standard InChI is InChI=1S/C14H21ClN2O3S/c15-7-3-4-12-21(19,20)17-10-8-16(9-11-17)13-5-1-2-6-14(13)18/h1-2,5-6,18H,3-4,7-12H2. The van der Waals surface area contributed by atoms with E-state index in [-0.39, 0.29) is 11.5 Å². The van der Waals surface area contributed by atoms with Crippen LogP contribution >= 0.6 is 11.6 Å². The zero-order chi connectivity index (χ0) is 15.3. The number of benzene rings is 1. The summed E-state index contributed by atoms with van der Waals surface area (Å²) in [4.78, 5) is 2.01. The molecule has 0 spiro atoms. The highest BCUT2D eigenvalue weighted by Gasteiger charge is 2.27. The Bertz CT molecular complexity index is 557. The number of phenols is 1. The third-order valence-electron chi connectivity index (χ3n) is 3.64. The number of hydrogen-bond acceptors (Lipinski definition) is 4. The number of piperazine rings is 1. The molecule has 0 amide bonds. The summed E-state index contributed by atoms with van der Waals surface area (Å²) in [5.41, 5.74) is 0.761. The topological polar surface area (TPSA) is 60.9 Å². The minimum Gasteiger partial charge on any atom is -0.506 e. The summed E-state index contributed by atoms with van der Waals surface area (Å²) in [5, 5.41) is 9.85. The van der Waals surface area contributed by atoms with E-state index in [9.17, 15) is 13.5 Å². The first-order valence-electron chi connectivity index (χ1n) is 7.11. The van der Waals surface area contributed by atoms with Crippen LogP contribution in [0, 0.1) is 0 Å². The summed E-state index contributed by atoms with van der Waals surface area (Å²) in [5.74, 6) is 0.892. The molecule has 0 unspecified atom stereocenters. The van der Waals surface area contributed by atoms with Crippen molar-refractivity contribution in [1.82, 2.24) is 4.31 Å². The molecule has 1 fully saturated rings. The molecule has 1 aliphatic rings. The maximum atomic E-state index is 12.2. The maximum Gasteiger partial charge on any atom is 0.214 e. The molecule has 2 rings (SSSR count). The van der Waals surface area contributed by atoms with E-state index < -0.39 is 10.0 Å². The Morgan fingerprint density at radius 2 is 1.76 bits per heavy atom. The summed E-state index contributed by atoms with van der Waals surface area (Å²) in [7, 11) is -3.19. The van der Waals surface area contributed by atoms with Crippen molar-refractivity contribution in [3.63, 3.8) is 0 Å². The number of para-hydroxylation sites is 2. The molecular weight excluding hydrogens is 312 g/mol. The first-order valence-corrected chi connectivity index (χ1v) is 9.26. The van der Waals surface area contributed by atoms with Crippen LogP contribution in [0.4, 0.5) is 5.69 Å². The van der Waals surface area contributed by atoms with Gasteiger partial charge in [0.15, 0.2) is 0 Å². The second kappa shape index (κ2) is 7.33. The van der Waals surface area contributed by atoms with E-state index in [1.165, 1.54) is 4.31 Å². The van der Waals surface area contributed by atoms with E-state index in [1.807, 2.05) is 17.0 Å². The molecule has 1 heterocycles. The minimum atomic E-state index is -3.19. The lowest BCUT2D eigenvalue weighted by atomic mass is 10.2. The van der Waals surface area contributed by atoms with Crippen molar-refractivity contribution in [2.45, 2.75) is 12.8 Å². The smallest absolute Gasteiger partial charge is 0.214 e. The number of halogens is 1. The van der Waals surface area contributed by atoms with Crippen molar-refractivity contribution < 1.29 is 13.5 Å². The van der Waals surface area contributed by atoms with Crippen molar-refractivity contribution in [3.8, 4) is 5.75 Å². The fraction of sp³-hybridized carbons (Fsp3) is 0.571. The van der Waals surface area contributed by atoms with Crippen LogP contribution in [0.15, 0.2) is 24.3 Å². The van der Waals surface area contributed by atoms with Gasteiger partial charge in [-0.25, -0.2) is 8.42 Å². The predicted molar refractivity (Wildman–Crippen MR) is 85.6 cm³/mol. The van der Waals surface area contributed by atoms with Gasteiger partial charge in [0.2, 0.25) is 10.0 Å². The van der Waals surface area contributed by atoms with E-state index in [0.717, 1.165) is 12.1 Å². The lowest BCUT2D eigenvalue weighted by Crippen LogP contribution is -2.49. The molecule has 1 saturated heterocycles. The van der Waals surface area contributed by atoms with Gasteiger partial charge in [-0.1, -0.05) is 12.1 Å². The molecule has 1 aromatic rings. The zero-order valence-electron chi connectivity index (χ0n) is 11.9. The second-order valence-corrected chi connectivity index (χ2v) is 7.55. The first kappa shape index (κ1) is 16.4. The summed E-state index contributed by atoms with van der Waals surface area (Å²) in [6, 6.07) is 7.13. The molecule has 0 bridgehead atoms. The average Bonchev–Trinajstić information content (AvgIpc) is 2.48. The molecule has 0 atom stereocenters. The Morgan fingerprint density at radius 3 is 2.38 bits per heavy atom. The Morgan fingerprint density at radius 1 is 1.10 bits per heavy atom. The Kier molecular flexibility index (Phi) is 5.72. The molecule has 7 heteroatoms. The number of alkyl halides is 1. The highest BCUT2D eigenvalue weighted by Crippen LogP contribution is 2.27. The minimum absolute atomic E-state index is 0.163. The van der Waals surface area contributed by atoms with E-state index in [0.29, 0.717) is 38.5 Å². The maximum absolute atomic E-state index is 12.2. The van der Waals surface area contributed by atoms with Crippen LogP contribution in [-0.4, -0.2) is 55.6 Å². The fourth-order valence-electron chi connectivity index (χ4n) is 2.45. The zero-order valence-corrected chi connectivity index (χ0v) is 13.5. The van der Waals surface area contributed by atoms with Crippen LogP contribution in [0.5, 0.6) is 5.75 Å². The van der Waals surface area contributed by atoms with Gasteiger partial charge in [-0.05, 0) is 25.0 Å². The predicted octanol–water partition coefficient (Wildman–Crippen LogP) is 1.86. The lowest BCUT2D eigenvalue weighted by Gasteiger charge is -2.35. The number of hydrogen-bond donors (Lipinski definition) is 1. The van der Waals surface area contributed by atoms with Crippen molar-refractivity contribution in [2.24, 2.45) is 0 Å². The largest absolute Gasteiger partial charge is 0.506 e. The lowest BCUT2D eigenvalue weighted by molar-refractivity contribution is 0.381. The molecule has 5 nitrogen and oxygen atoms in total. The van der Waals surface area contributed by atoms with E-state index >= 15 is 0 Å². The van der Waals surface area contributed by atoms with E-state index in [1.54, 1.807) is 12.1 Å². The molecule has 1 aromatic carbocycles. The molecule has 118 valence electrons. The van der Waals surface area contributed by atoms with Gasteiger partial charge >= 0.3 is 0 Å². The van der Waals surface area contributed by atoms with Crippen LogP contribution in [-0.2, 0) is 10.0 Å². The van der Waals surface area contributed by atoms with Crippen molar-refractivity contribution >= 4 is 27.3 Å². The summed E-state index contributed by atoms with van der Waals surface area (Å²) < 4.78 is 25.9. The van der Waals surface area contributed by atoms with E-state index in [4.69, 9.17) is 11.6 Å². The highest BCUT2D eigenvalue weighted by molar-refractivity contribution is 7.89. The van der Waals surface area contributed by atoms with Crippen LogP contribution < -0.4 is 4.90 Å². The molecule has 0 radical (unpaired) electrons. The van der Waals surface area contributed by atoms with Gasteiger partial charge < -0.3 is 10.0 Å². The second-order valence-electron chi connectivity index (χ2n) is 5.09. The van der Waals surface area contributed by atoms with Crippen LogP contribution in [0.25, 0.3) is 0 Å². The fourth-order valence-corrected chi connectivity index (χ4v) is 4.18. The molecular formula is C14H21ClN2O3S. The average molecular weight is 333 g/mol. The number of phenolic OH excluding ortho intramolecular Hbond substituents is 1. The first-order chi connectivity index (χ1) is 10.0. The summed E-state index contributed by atoms with van der Waals surface area (Å²) in [6.07, 6.45) is 1.32. The Balaban J connectivity index is 1.93. The quantitative estimate of drug-likeness (QED) is 0.638. The van der Waals surface area contributed by atoms with Crippen LogP contribution in [0.3, 0.4) is 0 Å². The molecule has 1 N–H and O–H groups in total.